The van der Waals surface area contributed by atoms with Crippen LogP contribution in [-0.2, 0) is 9.53 Å². The highest BCUT2D eigenvalue weighted by Gasteiger charge is 2.27. The highest BCUT2D eigenvalue weighted by atomic mass is 16.5. The summed E-state index contributed by atoms with van der Waals surface area (Å²) in [4.78, 5) is 27.6. The van der Waals surface area contributed by atoms with Crippen LogP contribution in [0.1, 0.15) is 19.8 Å². The maximum absolute atomic E-state index is 12.5. The lowest BCUT2D eigenvalue weighted by molar-refractivity contribution is -0.133. The first-order valence-corrected chi connectivity index (χ1v) is 8.85. The molecule has 2 aliphatic heterocycles. The number of hydrogen-bond acceptors (Lipinski definition) is 4. The smallest absolute Gasteiger partial charge is 0.322 e. The molecular weight excluding hydrogens is 320 g/mol. The number of anilines is 2. The molecule has 2 heterocycles. The lowest BCUT2D eigenvalue weighted by atomic mass is 9.99. The molecule has 0 radical (unpaired) electrons. The molecule has 1 unspecified atom stereocenters. The summed E-state index contributed by atoms with van der Waals surface area (Å²) in [5.74, 6) is 0.234. The number of urea groups is 1. The molecule has 3 amide bonds. The SMILES string of the molecule is CC1CCN(c2cccc(NC(=O)N3CCOC(C(N)=O)C3)c2)CC1. The molecule has 0 aromatic heterocycles. The number of carbonyl (C=O) groups is 2. The average molecular weight is 346 g/mol. The third kappa shape index (κ3) is 4.42. The fourth-order valence-corrected chi connectivity index (χ4v) is 3.26. The fraction of sp³-hybridized carbons (Fsp3) is 0.556. The first-order valence-electron chi connectivity index (χ1n) is 8.85. The number of morpholine rings is 1. The van der Waals surface area contributed by atoms with E-state index in [2.05, 4.69) is 23.2 Å². The number of primary amides is 1. The number of nitrogens with one attached hydrogen (secondary N) is 1. The van der Waals surface area contributed by atoms with Gasteiger partial charge in [0.05, 0.1) is 13.2 Å². The van der Waals surface area contributed by atoms with Gasteiger partial charge >= 0.3 is 6.03 Å². The summed E-state index contributed by atoms with van der Waals surface area (Å²) >= 11 is 0. The number of nitrogens with zero attached hydrogens (tertiary/aromatic N) is 2. The zero-order valence-electron chi connectivity index (χ0n) is 14.6. The predicted molar refractivity (Wildman–Crippen MR) is 96.6 cm³/mol. The maximum atomic E-state index is 12.5. The minimum atomic E-state index is -0.735. The van der Waals surface area contributed by atoms with E-state index >= 15 is 0 Å². The third-order valence-electron chi connectivity index (χ3n) is 4.92. The van der Waals surface area contributed by atoms with Crippen molar-refractivity contribution in [1.82, 2.24) is 4.90 Å². The Kier molecular flexibility index (Phi) is 5.43. The van der Waals surface area contributed by atoms with Gasteiger partial charge in [0.15, 0.2) is 6.10 Å². The van der Waals surface area contributed by atoms with Crippen molar-refractivity contribution in [2.24, 2.45) is 11.7 Å². The van der Waals surface area contributed by atoms with Crippen LogP contribution in [0, 0.1) is 5.92 Å². The maximum Gasteiger partial charge on any atom is 0.322 e. The standard InChI is InChI=1S/C18H26N4O3/c1-13-5-7-21(8-6-13)15-4-2-3-14(11-15)20-18(24)22-9-10-25-16(12-22)17(19)23/h2-4,11,13,16H,5-10,12H2,1H3,(H2,19,23)(H,20,24). The normalized spacial score (nSPS) is 21.9. The second-order valence-electron chi connectivity index (χ2n) is 6.86. The Morgan fingerprint density at radius 1 is 1.24 bits per heavy atom. The number of benzene rings is 1. The first-order chi connectivity index (χ1) is 12.0. The molecular formula is C18H26N4O3. The van der Waals surface area contributed by atoms with E-state index in [4.69, 9.17) is 10.5 Å². The first kappa shape index (κ1) is 17.5. The van der Waals surface area contributed by atoms with Gasteiger partial charge in [-0.05, 0) is 37.0 Å². The van der Waals surface area contributed by atoms with Gasteiger partial charge in [0, 0.05) is 31.0 Å². The molecule has 7 heteroatoms. The Morgan fingerprint density at radius 3 is 2.72 bits per heavy atom. The highest BCUT2D eigenvalue weighted by molar-refractivity contribution is 5.90. The van der Waals surface area contributed by atoms with Crippen molar-refractivity contribution >= 4 is 23.3 Å². The summed E-state index contributed by atoms with van der Waals surface area (Å²) in [7, 11) is 0. The predicted octanol–water partition coefficient (Wildman–Crippen LogP) is 1.64. The van der Waals surface area contributed by atoms with E-state index in [0.717, 1.165) is 30.4 Å². The topological polar surface area (TPSA) is 87.9 Å². The van der Waals surface area contributed by atoms with E-state index < -0.39 is 12.0 Å². The summed E-state index contributed by atoms with van der Waals surface area (Å²) in [6.07, 6.45) is 1.65. The van der Waals surface area contributed by atoms with E-state index in [-0.39, 0.29) is 12.6 Å². The largest absolute Gasteiger partial charge is 0.371 e. The zero-order chi connectivity index (χ0) is 17.8. The molecule has 1 aromatic carbocycles. The minimum absolute atomic E-state index is 0.185. The van der Waals surface area contributed by atoms with E-state index in [1.165, 1.54) is 12.8 Å². The van der Waals surface area contributed by atoms with Gasteiger partial charge in [-0.1, -0.05) is 13.0 Å². The summed E-state index contributed by atoms with van der Waals surface area (Å²) in [5.41, 5.74) is 7.15. The van der Waals surface area contributed by atoms with Gasteiger partial charge in [0.1, 0.15) is 0 Å². The number of rotatable bonds is 3. The van der Waals surface area contributed by atoms with Gasteiger partial charge in [0.25, 0.3) is 0 Å². The van der Waals surface area contributed by atoms with Crippen LogP contribution in [0.5, 0.6) is 0 Å². The second-order valence-corrected chi connectivity index (χ2v) is 6.86. The molecule has 2 fully saturated rings. The molecule has 0 aliphatic carbocycles. The van der Waals surface area contributed by atoms with Crippen molar-refractivity contribution in [2.75, 3.05) is 43.0 Å². The Hall–Kier alpha value is -2.28. The van der Waals surface area contributed by atoms with Crippen LogP contribution in [0.3, 0.4) is 0 Å². The van der Waals surface area contributed by atoms with Crippen LogP contribution < -0.4 is 16.0 Å². The minimum Gasteiger partial charge on any atom is -0.371 e. The van der Waals surface area contributed by atoms with Crippen molar-refractivity contribution < 1.29 is 14.3 Å². The van der Waals surface area contributed by atoms with Crippen molar-refractivity contribution in [2.45, 2.75) is 25.9 Å². The fourth-order valence-electron chi connectivity index (χ4n) is 3.26. The number of ether oxygens (including phenoxy) is 1. The Morgan fingerprint density at radius 2 is 2.00 bits per heavy atom. The van der Waals surface area contributed by atoms with Gasteiger partial charge in [-0.15, -0.1) is 0 Å². The Bertz CT molecular complexity index is 629. The lowest BCUT2D eigenvalue weighted by Gasteiger charge is -2.33. The average Bonchev–Trinajstić information content (AvgIpc) is 2.62. The second kappa shape index (κ2) is 7.74. The van der Waals surface area contributed by atoms with Crippen LogP contribution in [0.4, 0.5) is 16.2 Å². The molecule has 0 bridgehead atoms. The third-order valence-corrected chi connectivity index (χ3v) is 4.92. The quantitative estimate of drug-likeness (QED) is 0.871. The number of nitrogens with two attached hydrogens (primary N) is 1. The van der Waals surface area contributed by atoms with Gasteiger partial charge in [-0.2, -0.15) is 0 Å². The molecule has 136 valence electrons. The van der Waals surface area contributed by atoms with Crippen molar-refractivity contribution in [1.29, 1.82) is 0 Å². The number of hydrogen-bond donors (Lipinski definition) is 2. The Labute approximate surface area is 148 Å². The molecule has 1 aromatic rings. The Balaban J connectivity index is 1.61. The molecule has 2 saturated heterocycles. The molecule has 2 aliphatic rings. The summed E-state index contributed by atoms with van der Waals surface area (Å²) in [6.45, 7) is 5.32. The van der Waals surface area contributed by atoms with Crippen LogP contribution in [-0.4, -0.2) is 55.7 Å². The highest BCUT2D eigenvalue weighted by Crippen LogP contribution is 2.25. The molecule has 0 saturated carbocycles. The molecule has 1 atom stereocenters. The molecule has 3 N–H and O–H groups in total. The number of amides is 3. The number of carbonyl (C=O) groups excluding carboxylic acids is 2. The van der Waals surface area contributed by atoms with Crippen molar-refractivity contribution in [3.8, 4) is 0 Å². The molecule has 25 heavy (non-hydrogen) atoms. The molecule has 7 nitrogen and oxygen atoms in total. The van der Waals surface area contributed by atoms with Crippen LogP contribution in [0.25, 0.3) is 0 Å². The van der Waals surface area contributed by atoms with Crippen LogP contribution >= 0.6 is 0 Å². The van der Waals surface area contributed by atoms with E-state index in [9.17, 15) is 9.59 Å². The van der Waals surface area contributed by atoms with Gasteiger partial charge in [0.2, 0.25) is 5.91 Å². The summed E-state index contributed by atoms with van der Waals surface area (Å²) in [6, 6.07) is 7.66. The monoisotopic (exact) mass is 346 g/mol. The summed E-state index contributed by atoms with van der Waals surface area (Å²) < 4.78 is 5.27. The van der Waals surface area contributed by atoms with E-state index in [1.807, 2.05) is 18.2 Å². The summed E-state index contributed by atoms with van der Waals surface area (Å²) in [5, 5.41) is 2.91. The van der Waals surface area contributed by atoms with E-state index in [0.29, 0.717) is 13.2 Å². The van der Waals surface area contributed by atoms with E-state index in [1.54, 1.807) is 4.90 Å². The molecule has 3 rings (SSSR count). The molecule has 0 spiro atoms. The van der Waals surface area contributed by atoms with Gasteiger partial charge < -0.3 is 25.6 Å². The lowest BCUT2D eigenvalue weighted by Crippen LogP contribution is -2.51. The van der Waals surface area contributed by atoms with Crippen molar-refractivity contribution in [3.63, 3.8) is 0 Å². The van der Waals surface area contributed by atoms with Crippen molar-refractivity contribution in [3.05, 3.63) is 24.3 Å². The number of piperidine rings is 1. The zero-order valence-corrected chi connectivity index (χ0v) is 14.6. The van der Waals surface area contributed by atoms with Crippen LogP contribution in [0.2, 0.25) is 0 Å². The van der Waals surface area contributed by atoms with Gasteiger partial charge in [-0.3, -0.25) is 4.79 Å². The van der Waals surface area contributed by atoms with Gasteiger partial charge in [-0.25, -0.2) is 4.79 Å². The van der Waals surface area contributed by atoms with Crippen LogP contribution in [0.15, 0.2) is 24.3 Å².